The number of anilines is 2. The largest absolute Gasteiger partial charge is 0.395 e. The Bertz CT molecular complexity index is 650. The summed E-state index contributed by atoms with van der Waals surface area (Å²) in [6, 6.07) is 6.57. The summed E-state index contributed by atoms with van der Waals surface area (Å²) < 4.78 is 26.4. The normalized spacial score (nSPS) is 9.95. The van der Waals surface area contributed by atoms with Crippen LogP contribution < -0.4 is 11.1 Å². The van der Waals surface area contributed by atoms with Crippen LogP contribution in [0.15, 0.2) is 30.5 Å². The average molecular weight is 260 g/mol. The van der Waals surface area contributed by atoms with Crippen molar-refractivity contribution in [2.24, 2.45) is 0 Å². The molecule has 0 saturated carbocycles. The molecule has 0 saturated heterocycles. The van der Waals surface area contributed by atoms with Crippen molar-refractivity contribution in [2.75, 3.05) is 11.1 Å². The molecule has 1 heterocycles. The van der Waals surface area contributed by atoms with Crippen LogP contribution in [0.4, 0.5) is 20.3 Å². The van der Waals surface area contributed by atoms with Gasteiger partial charge in [0.25, 0.3) is 0 Å². The molecule has 96 valence electrons. The van der Waals surface area contributed by atoms with Gasteiger partial charge >= 0.3 is 0 Å². The first-order valence-corrected chi connectivity index (χ1v) is 5.44. The Morgan fingerprint density at radius 3 is 2.84 bits per heavy atom. The molecular formula is C13H10F2N4. The molecule has 3 N–H and O–H groups in total. The van der Waals surface area contributed by atoms with Gasteiger partial charge in [-0.2, -0.15) is 5.26 Å². The molecule has 2 aromatic rings. The quantitative estimate of drug-likeness (QED) is 0.888. The number of nitrogens with zero attached hydrogens (tertiary/aromatic N) is 2. The minimum atomic E-state index is -0.524. The van der Waals surface area contributed by atoms with Crippen molar-refractivity contribution < 1.29 is 8.78 Å². The van der Waals surface area contributed by atoms with E-state index in [9.17, 15) is 8.78 Å². The fourth-order valence-electron chi connectivity index (χ4n) is 1.57. The number of hydrogen-bond donors (Lipinski definition) is 2. The molecule has 19 heavy (non-hydrogen) atoms. The Kier molecular flexibility index (Phi) is 3.57. The van der Waals surface area contributed by atoms with Crippen molar-refractivity contribution in [3.63, 3.8) is 0 Å². The molecule has 2 rings (SSSR count). The highest BCUT2D eigenvalue weighted by Crippen LogP contribution is 2.20. The van der Waals surface area contributed by atoms with E-state index in [4.69, 9.17) is 11.0 Å². The minimum absolute atomic E-state index is 0.0235. The van der Waals surface area contributed by atoms with E-state index in [-0.39, 0.29) is 29.2 Å². The average Bonchev–Trinajstić information content (AvgIpc) is 2.41. The molecule has 1 aromatic carbocycles. The maximum atomic E-state index is 13.4. The summed E-state index contributed by atoms with van der Waals surface area (Å²) in [5.41, 5.74) is 6.32. The Morgan fingerprint density at radius 2 is 2.11 bits per heavy atom. The number of hydrogen-bond acceptors (Lipinski definition) is 4. The first kappa shape index (κ1) is 12.8. The van der Waals surface area contributed by atoms with Crippen LogP contribution in [0.25, 0.3) is 0 Å². The lowest BCUT2D eigenvalue weighted by Crippen LogP contribution is -2.07. The van der Waals surface area contributed by atoms with Gasteiger partial charge in [0.15, 0.2) is 5.82 Å². The lowest BCUT2D eigenvalue weighted by molar-refractivity contribution is 0.587. The standard InChI is InChI=1S/C13H10F2N4/c14-10-1-2-11(15)9(5-10)7-19-13-12(17)8(6-16)3-4-18-13/h1-5H,7,17H2,(H,18,19). The Labute approximate surface area is 108 Å². The van der Waals surface area contributed by atoms with E-state index in [1.807, 2.05) is 6.07 Å². The van der Waals surface area contributed by atoms with E-state index in [1.54, 1.807) is 0 Å². The Balaban J connectivity index is 2.20. The van der Waals surface area contributed by atoms with Gasteiger partial charge in [0.05, 0.1) is 11.3 Å². The van der Waals surface area contributed by atoms with Gasteiger partial charge < -0.3 is 11.1 Å². The van der Waals surface area contributed by atoms with Crippen molar-refractivity contribution in [1.82, 2.24) is 4.98 Å². The highest BCUT2D eigenvalue weighted by Gasteiger charge is 2.08. The second kappa shape index (κ2) is 5.31. The first-order valence-electron chi connectivity index (χ1n) is 5.44. The topological polar surface area (TPSA) is 74.7 Å². The summed E-state index contributed by atoms with van der Waals surface area (Å²) in [5, 5.41) is 11.6. The van der Waals surface area contributed by atoms with Crippen LogP contribution >= 0.6 is 0 Å². The maximum Gasteiger partial charge on any atom is 0.150 e. The van der Waals surface area contributed by atoms with Gasteiger partial charge in [-0.15, -0.1) is 0 Å². The van der Waals surface area contributed by atoms with Gasteiger partial charge in [0.2, 0.25) is 0 Å². The number of pyridine rings is 1. The van der Waals surface area contributed by atoms with Crippen molar-refractivity contribution in [2.45, 2.75) is 6.54 Å². The molecule has 0 fully saturated rings. The third-order valence-electron chi connectivity index (χ3n) is 2.56. The Hall–Kier alpha value is -2.68. The summed E-state index contributed by atoms with van der Waals surface area (Å²) in [6.07, 6.45) is 1.42. The zero-order valence-electron chi connectivity index (χ0n) is 9.82. The zero-order valence-corrected chi connectivity index (χ0v) is 9.82. The second-order valence-electron chi connectivity index (χ2n) is 3.82. The van der Waals surface area contributed by atoms with Crippen LogP contribution in [0, 0.1) is 23.0 Å². The van der Waals surface area contributed by atoms with Crippen LogP contribution in [-0.4, -0.2) is 4.98 Å². The van der Waals surface area contributed by atoms with E-state index < -0.39 is 11.6 Å². The summed E-state index contributed by atoms with van der Waals surface area (Å²) in [6.45, 7) is 0.0235. The summed E-state index contributed by atoms with van der Waals surface area (Å²) >= 11 is 0. The second-order valence-corrected chi connectivity index (χ2v) is 3.82. The van der Waals surface area contributed by atoms with Crippen molar-refractivity contribution >= 4 is 11.5 Å². The van der Waals surface area contributed by atoms with Crippen molar-refractivity contribution in [3.8, 4) is 6.07 Å². The molecule has 0 aliphatic rings. The number of benzene rings is 1. The van der Waals surface area contributed by atoms with Gasteiger partial charge in [0.1, 0.15) is 17.7 Å². The van der Waals surface area contributed by atoms with E-state index >= 15 is 0 Å². The van der Waals surface area contributed by atoms with Crippen LogP contribution in [0.2, 0.25) is 0 Å². The van der Waals surface area contributed by atoms with Gasteiger partial charge in [-0.05, 0) is 24.3 Å². The highest BCUT2D eigenvalue weighted by atomic mass is 19.1. The molecule has 4 nitrogen and oxygen atoms in total. The lowest BCUT2D eigenvalue weighted by Gasteiger charge is -2.09. The number of nitrogen functional groups attached to an aromatic ring is 1. The fourth-order valence-corrected chi connectivity index (χ4v) is 1.57. The Morgan fingerprint density at radius 1 is 1.32 bits per heavy atom. The number of rotatable bonds is 3. The molecule has 6 heteroatoms. The molecule has 0 unspecified atom stereocenters. The molecule has 0 spiro atoms. The van der Waals surface area contributed by atoms with Crippen LogP contribution in [-0.2, 0) is 6.54 Å². The third-order valence-corrected chi connectivity index (χ3v) is 2.56. The fraction of sp³-hybridized carbons (Fsp3) is 0.0769. The molecule has 1 aromatic heterocycles. The first-order chi connectivity index (χ1) is 9.11. The number of nitrogens with one attached hydrogen (secondary N) is 1. The predicted molar refractivity (Wildman–Crippen MR) is 67.0 cm³/mol. The van der Waals surface area contributed by atoms with E-state index in [0.717, 1.165) is 18.2 Å². The van der Waals surface area contributed by atoms with E-state index in [0.29, 0.717) is 0 Å². The van der Waals surface area contributed by atoms with Gasteiger partial charge in [-0.25, -0.2) is 13.8 Å². The molecule has 0 atom stereocenters. The zero-order chi connectivity index (χ0) is 13.8. The van der Waals surface area contributed by atoms with E-state index in [1.165, 1.54) is 12.3 Å². The van der Waals surface area contributed by atoms with Gasteiger partial charge in [-0.3, -0.25) is 0 Å². The number of nitriles is 1. The van der Waals surface area contributed by atoms with Crippen LogP contribution in [0.3, 0.4) is 0 Å². The molecule has 0 aliphatic carbocycles. The number of aromatic nitrogens is 1. The van der Waals surface area contributed by atoms with Crippen LogP contribution in [0.1, 0.15) is 11.1 Å². The molecule has 0 radical (unpaired) electrons. The maximum absolute atomic E-state index is 13.4. The van der Waals surface area contributed by atoms with Crippen molar-refractivity contribution in [1.29, 1.82) is 5.26 Å². The number of halogens is 2. The van der Waals surface area contributed by atoms with Crippen LogP contribution in [0.5, 0.6) is 0 Å². The SMILES string of the molecule is N#Cc1ccnc(NCc2cc(F)ccc2F)c1N. The number of nitrogens with two attached hydrogens (primary N) is 1. The molecule has 0 amide bonds. The van der Waals surface area contributed by atoms with E-state index in [2.05, 4.69) is 10.3 Å². The highest BCUT2D eigenvalue weighted by molar-refractivity contribution is 5.68. The predicted octanol–water partition coefficient (Wildman–Crippen LogP) is 2.43. The van der Waals surface area contributed by atoms with Gasteiger partial charge in [0, 0.05) is 18.3 Å². The summed E-state index contributed by atoms with van der Waals surface area (Å²) in [5.74, 6) is -0.781. The summed E-state index contributed by atoms with van der Waals surface area (Å²) in [4.78, 5) is 3.95. The van der Waals surface area contributed by atoms with Crippen molar-refractivity contribution in [3.05, 3.63) is 53.2 Å². The third kappa shape index (κ3) is 2.77. The summed E-state index contributed by atoms with van der Waals surface area (Å²) in [7, 11) is 0. The lowest BCUT2D eigenvalue weighted by atomic mass is 10.2. The molecule has 0 bridgehead atoms. The monoisotopic (exact) mass is 260 g/mol. The minimum Gasteiger partial charge on any atom is -0.395 e. The molecular weight excluding hydrogens is 250 g/mol. The molecule has 0 aliphatic heterocycles. The van der Waals surface area contributed by atoms with Gasteiger partial charge in [-0.1, -0.05) is 0 Å². The smallest absolute Gasteiger partial charge is 0.150 e.